The first-order valence-corrected chi connectivity index (χ1v) is 9.14. The summed E-state index contributed by atoms with van der Waals surface area (Å²) in [6.07, 6.45) is -8.23. The van der Waals surface area contributed by atoms with Crippen LogP contribution in [-0.2, 0) is 9.47 Å². The Balaban J connectivity index is 2.06. The van der Waals surface area contributed by atoms with Gasteiger partial charge in [-0.15, -0.1) is 0 Å². The fraction of sp³-hybridized carbons (Fsp3) is 1.00. The zero-order chi connectivity index (χ0) is 19.6. The summed E-state index contributed by atoms with van der Waals surface area (Å²) in [4.78, 5) is 0. The van der Waals surface area contributed by atoms with Crippen molar-refractivity contribution in [3.05, 3.63) is 0 Å². The first kappa shape index (κ1) is 21.9. The van der Waals surface area contributed by atoms with Crippen LogP contribution in [0.25, 0.3) is 0 Å². The van der Waals surface area contributed by atoms with E-state index in [1.807, 2.05) is 6.92 Å². The van der Waals surface area contributed by atoms with E-state index < -0.39 is 61.1 Å². The number of aliphatic hydroxyl groups is 5. The Bertz CT molecular complexity index is 444. The molecule has 0 bridgehead atoms. The van der Waals surface area contributed by atoms with Crippen LogP contribution < -0.4 is 16.8 Å². The second-order valence-corrected chi connectivity index (χ2v) is 7.31. The molecule has 154 valence electrons. The number of hydrogen-bond acceptors (Lipinski definition) is 10. The smallest absolute Gasteiger partial charge is 0.176 e. The zero-order valence-corrected chi connectivity index (χ0v) is 15.2. The van der Waals surface area contributed by atoms with Gasteiger partial charge in [0.2, 0.25) is 0 Å². The monoisotopic (exact) mass is 379 g/mol. The maximum absolute atomic E-state index is 10.4. The normalized spacial score (nSPS) is 48.3. The van der Waals surface area contributed by atoms with Gasteiger partial charge in [0.1, 0.15) is 30.5 Å². The molecule has 26 heavy (non-hydrogen) atoms. The molecular formula is C16H33N3O7. The van der Waals surface area contributed by atoms with Crippen molar-refractivity contribution in [3.8, 4) is 0 Å². The quantitative estimate of drug-likeness (QED) is 0.229. The summed E-state index contributed by atoms with van der Waals surface area (Å²) >= 11 is 0. The van der Waals surface area contributed by atoms with E-state index in [0.29, 0.717) is 13.0 Å². The van der Waals surface area contributed by atoms with Gasteiger partial charge in [0.25, 0.3) is 0 Å². The summed E-state index contributed by atoms with van der Waals surface area (Å²) in [5.74, 6) is 0. The lowest BCUT2D eigenvalue weighted by molar-refractivity contribution is -0.301. The molecule has 0 aromatic carbocycles. The van der Waals surface area contributed by atoms with E-state index in [4.69, 9.17) is 20.9 Å². The average Bonchev–Trinajstić information content (AvgIpc) is 2.60. The minimum atomic E-state index is -1.38. The van der Waals surface area contributed by atoms with Gasteiger partial charge in [-0.1, -0.05) is 6.92 Å². The van der Waals surface area contributed by atoms with E-state index in [-0.39, 0.29) is 6.04 Å². The Labute approximate surface area is 153 Å². The Morgan fingerprint density at radius 2 is 1.77 bits per heavy atom. The molecule has 1 aliphatic carbocycles. The summed E-state index contributed by atoms with van der Waals surface area (Å²) in [5.41, 5.74) is 12.0. The van der Waals surface area contributed by atoms with Crippen molar-refractivity contribution < 1.29 is 35.0 Å². The maximum atomic E-state index is 10.4. The van der Waals surface area contributed by atoms with Crippen molar-refractivity contribution in [1.82, 2.24) is 5.32 Å². The summed E-state index contributed by atoms with van der Waals surface area (Å²) in [5, 5.41) is 53.7. The van der Waals surface area contributed by atoms with Gasteiger partial charge in [-0.2, -0.15) is 0 Å². The highest BCUT2D eigenvalue weighted by atomic mass is 16.7. The van der Waals surface area contributed by atoms with Gasteiger partial charge in [0.05, 0.1) is 18.2 Å². The highest BCUT2D eigenvalue weighted by molar-refractivity contribution is 5.00. The Kier molecular flexibility index (Phi) is 7.74. The third kappa shape index (κ3) is 4.53. The van der Waals surface area contributed by atoms with Gasteiger partial charge < -0.3 is 51.8 Å². The van der Waals surface area contributed by atoms with Crippen molar-refractivity contribution in [2.45, 2.75) is 93.8 Å². The molecule has 10 heteroatoms. The van der Waals surface area contributed by atoms with Crippen LogP contribution in [-0.4, -0.2) is 99.2 Å². The lowest BCUT2D eigenvalue weighted by Crippen LogP contribution is -2.68. The lowest BCUT2D eigenvalue weighted by atomic mass is 9.84. The predicted molar refractivity (Wildman–Crippen MR) is 91.9 cm³/mol. The minimum absolute atomic E-state index is 0.363. The van der Waals surface area contributed by atoms with E-state index in [9.17, 15) is 25.5 Å². The molecule has 0 aromatic heterocycles. The van der Waals surface area contributed by atoms with Crippen molar-refractivity contribution in [2.75, 3.05) is 6.54 Å². The standard InChI is InChI=1S/C16H33N3O7/c1-3-4-19-8-5-7(17)15(12(23)10(8)21)26-16-9(18)11(22)13(24)14(25-16)6(2)20/h6-16,19-24H,3-5,17-18H2,1-2H3/t6?,7?,8-,9?,10?,11-,12-,13+,14?,15-,16-/m1/s1. The molecule has 10 N–H and O–H groups in total. The second kappa shape index (κ2) is 9.20. The van der Waals surface area contributed by atoms with E-state index >= 15 is 0 Å². The number of ether oxygens (including phenoxy) is 2. The Hall–Kier alpha value is -0.400. The molecule has 2 fully saturated rings. The molecule has 1 saturated carbocycles. The Morgan fingerprint density at radius 3 is 2.35 bits per heavy atom. The van der Waals surface area contributed by atoms with Crippen molar-refractivity contribution in [1.29, 1.82) is 0 Å². The highest BCUT2D eigenvalue weighted by Gasteiger charge is 2.49. The van der Waals surface area contributed by atoms with Crippen LogP contribution >= 0.6 is 0 Å². The first-order valence-electron chi connectivity index (χ1n) is 9.14. The van der Waals surface area contributed by atoms with E-state index in [1.165, 1.54) is 6.92 Å². The molecule has 11 atom stereocenters. The van der Waals surface area contributed by atoms with Crippen LogP contribution in [0.1, 0.15) is 26.7 Å². The molecule has 0 amide bonds. The maximum Gasteiger partial charge on any atom is 0.176 e. The summed E-state index contributed by atoms with van der Waals surface area (Å²) in [6.45, 7) is 4.08. The molecular weight excluding hydrogens is 346 g/mol. The molecule has 1 aliphatic heterocycles. The van der Waals surface area contributed by atoms with Crippen LogP contribution in [0.5, 0.6) is 0 Å². The van der Waals surface area contributed by atoms with Gasteiger partial charge in [0.15, 0.2) is 6.29 Å². The van der Waals surface area contributed by atoms with Crippen LogP contribution in [0.2, 0.25) is 0 Å². The average molecular weight is 379 g/mol. The SMILES string of the molecule is CCCN[C@@H]1CC(N)[C@@H](O[C@H]2OC(C(C)O)[C@@H](O)[C@H](O)C2N)[C@H](O)C1O. The molecule has 2 aliphatic rings. The van der Waals surface area contributed by atoms with Crippen LogP contribution in [0.3, 0.4) is 0 Å². The van der Waals surface area contributed by atoms with Crippen LogP contribution in [0.15, 0.2) is 0 Å². The molecule has 0 aromatic rings. The molecule has 1 saturated heterocycles. The third-order valence-corrected chi connectivity index (χ3v) is 5.16. The fourth-order valence-electron chi connectivity index (χ4n) is 3.55. The second-order valence-electron chi connectivity index (χ2n) is 7.31. The number of nitrogens with two attached hydrogens (primary N) is 2. The topological polar surface area (TPSA) is 184 Å². The molecule has 2 rings (SSSR count). The third-order valence-electron chi connectivity index (χ3n) is 5.16. The largest absolute Gasteiger partial charge is 0.391 e. The van der Waals surface area contributed by atoms with E-state index in [0.717, 1.165) is 6.42 Å². The van der Waals surface area contributed by atoms with Crippen molar-refractivity contribution >= 4 is 0 Å². The summed E-state index contributed by atoms with van der Waals surface area (Å²) in [6, 6.07) is -2.07. The van der Waals surface area contributed by atoms with Gasteiger partial charge in [0, 0.05) is 12.1 Å². The molecule has 5 unspecified atom stereocenters. The van der Waals surface area contributed by atoms with Crippen molar-refractivity contribution in [2.24, 2.45) is 11.5 Å². The number of nitrogens with one attached hydrogen (secondary N) is 1. The molecule has 10 nitrogen and oxygen atoms in total. The predicted octanol–water partition coefficient (Wildman–Crippen LogP) is -3.65. The highest BCUT2D eigenvalue weighted by Crippen LogP contribution is 2.28. The number of hydrogen-bond donors (Lipinski definition) is 8. The van der Waals surface area contributed by atoms with Crippen LogP contribution in [0, 0.1) is 0 Å². The molecule has 1 heterocycles. The number of rotatable bonds is 6. The fourth-order valence-corrected chi connectivity index (χ4v) is 3.55. The van der Waals surface area contributed by atoms with Gasteiger partial charge in [-0.25, -0.2) is 0 Å². The number of aliphatic hydroxyl groups excluding tert-OH is 5. The molecule has 0 radical (unpaired) electrons. The minimum Gasteiger partial charge on any atom is -0.391 e. The van der Waals surface area contributed by atoms with Crippen LogP contribution in [0.4, 0.5) is 0 Å². The summed E-state index contributed by atoms with van der Waals surface area (Å²) < 4.78 is 11.2. The Morgan fingerprint density at radius 1 is 1.12 bits per heavy atom. The van der Waals surface area contributed by atoms with Gasteiger partial charge in [-0.05, 0) is 26.3 Å². The molecule has 0 spiro atoms. The first-order chi connectivity index (χ1) is 12.2. The van der Waals surface area contributed by atoms with E-state index in [1.54, 1.807) is 0 Å². The van der Waals surface area contributed by atoms with Crippen molar-refractivity contribution in [3.63, 3.8) is 0 Å². The zero-order valence-electron chi connectivity index (χ0n) is 15.2. The summed E-state index contributed by atoms with van der Waals surface area (Å²) in [7, 11) is 0. The van der Waals surface area contributed by atoms with E-state index in [2.05, 4.69) is 5.32 Å². The van der Waals surface area contributed by atoms with Gasteiger partial charge >= 0.3 is 0 Å². The lowest BCUT2D eigenvalue weighted by Gasteiger charge is -2.47. The van der Waals surface area contributed by atoms with Gasteiger partial charge in [-0.3, -0.25) is 0 Å².